The molecule has 0 spiro atoms. The summed E-state index contributed by atoms with van der Waals surface area (Å²) in [7, 11) is 0. The van der Waals surface area contributed by atoms with Crippen molar-refractivity contribution in [1.29, 1.82) is 0 Å². The van der Waals surface area contributed by atoms with Gasteiger partial charge in [-0.1, -0.05) is 133 Å². The van der Waals surface area contributed by atoms with Gasteiger partial charge in [0.05, 0.1) is 22.5 Å². The molecule has 0 aliphatic rings. The molecule has 0 aromatic heterocycles. The van der Waals surface area contributed by atoms with Crippen LogP contribution in [0, 0.1) is 23.7 Å². The third-order valence-electron chi connectivity index (χ3n) is 7.64. The molecule has 6 aromatic carbocycles. The smallest absolute Gasteiger partial charge is 0.163 e. The Labute approximate surface area is 293 Å². The van der Waals surface area contributed by atoms with Crippen LogP contribution in [-0.4, -0.2) is 0 Å². The van der Waals surface area contributed by atoms with Crippen LogP contribution in [0.25, 0.3) is 0 Å². The van der Waals surface area contributed by atoms with Crippen LogP contribution in [0.5, 0.6) is 23.0 Å². The van der Waals surface area contributed by atoms with Gasteiger partial charge in [-0.05, 0) is 34.1 Å². The summed E-state index contributed by atoms with van der Waals surface area (Å²) in [6.07, 6.45) is 0. The van der Waals surface area contributed by atoms with Crippen molar-refractivity contribution in [3.63, 3.8) is 0 Å². The Hall–Kier alpha value is -6.76. The van der Waals surface area contributed by atoms with Gasteiger partial charge in [-0.3, -0.25) is 0 Å². The summed E-state index contributed by atoms with van der Waals surface area (Å²) in [5.41, 5.74) is 19.0. The third kappa shape index (κ3) is 9.41. The maximum absolute atomic E-state index is 6.44. The monoisotopic (exact) mass is 656 g/mol. The molecule has 0 fully saturated rings. The molecule has 6 rings (SSSR count). The van der Waals surface area contributed by atoms with E-state index in [0.29, 0.717) is 71.9 Å². The van der Waals surface area contributed by atoms with Gasteiger partial charge < -0.3 is 30.4 Å². The number of rotatable bonds is 12. The minimum Gasteiger partial charge on any atom is -0.485 e. The number of hydrogen-bond acceptors (Lipinski definition) is 6. The first kappa shape index (κ1) is 33.2. The van der Waals surface area contributed by atoms with E-state index < -0.39 is 0 Å². The summed E-state index contributed by atoms with van der Waals surface area (Å²) >= 11 is 0. The zero-order valence-electron chi connectivity index (χ0n) is 27.5. The number of anilines is 2. The van der Waals surface area contributed by atoms with Crippen molar-refractivity contribution in [3.05, 3.63) is 179 Å². The molecule has 0 saturated carbocycles. The lowest BCUT2D eigenvalue weighted by molar-refractivity contribution is 0.256. The van der Waals surface area contributed by atoms with Gasteiger partial charge in [0.25, 0.3) is 0 Å². The molecule has 6 nitrogen and oxygen atoms in total. The maximum atomic E-state index is 6.44. The van der Waals surface area contributed by atoms with Crippen LogP contribution in [0.1, 0.15) is 33.4 Å². The average Bonchev–Trinajstić information content (AvgIpc) is 3.16. The predicted molar refractivity (Wildman–Crippen MR) is 199 cm³/mol. The quantitative estimate of drug-likeness (QED) is 0.101. The standard InChI is InChI=1S/C44H36N2O4/c45-39-27-43(49-31-35-19-9-3-10-20-35)41(47-29-33-15-5-1-6-16-33)25-37(39)23-13-14-24-38-26-42(48-30-34-17-7-2-8-18-34)44(28-40(38)46)50-32-36-21-11-4-12-22-36/h1-12,15-22,25-28H,29-32,45-46H2. The Bertz CT molecular complexity index is 1980. The fourth-order valence-electron chi connectivity index (χ4n) is 4.96. The number of nitrogen functional groups attached to an aromatic ring is 2. The summed E-state index contributed by atoms with van der Waals surface area (Å²) in [6.45, 7) is 1.45. The van der Waals surface area contributed by atoms with Crippen molar-refractivity contribution in [2.45, 2.75) is 26.4 Å². The van der Waals surface area contributed by atoms with Crippen LogP contribution in [0.4, 0.5) is 11.4 Å². The summed E-state index contributed by atoms with van der Waals surface area (Å²) in [5.74, 6) is 14.1. The molecule has 50 heavy (non-hydrogen) atoms. The number of hydrogen-bond donors (Lipinski definition) is 2. The fraction of sp³-hybridized carbons (Fsp3) is 0.0909. The second-order valence-electron chi connectivity index (χ2n) is 11.4. The molecule has 0 aliphatic heterocycles. The Morgan fingerprint density at radius 3 is 0.900 bits per heavy atom. The van der Waals surface area contributed by atoms with E-state index in [4.69, 9.17) is 30.4 Å². The molecule has 0 amide bonds. The highest BCUT2D eigenvalue weighted by molar-refractivity contribution is 5.66. The van der Waals surface area contributed by atoms with E-state index in [-0.39, 0.29) is 0 Å². The molecule has 0 saturated heterocycles. The molecule has 0 aliphatic carbocycles. The van der Waals surface area contributed by atoms with Crippen LogP contribution in [-0.2, 0) is 26.4 Å². The summed E-state index contributed by atoms with van der Waals surface area (Å²) < 4.78 is 24.7. The molecule has 6 aromatic rings. The molecule has 0 radical (unpaired) electrons. The van der Waals surface area contributed by atoms with Gasteiger partial charge in [0.1, 0.15) is 26.4 Å². The van der Waals surface area contributed by atoms with E-state index in [9.17, 15) is 0 Å². The highest BCUT2D eigenvalue weighted by atomic mass is 16.5. The van der Waals surface area contributed by atoms with Crippen LogP contribution in [0.2, 0.25) is 0 Å². The fourth-order valence-corrected chi connectivity index (χ4v) is 4.96. The molecular weight excluding hydrogens is 620 g/mol. The number of benzene rings is 6. The van der Waals surface area contributed by atoms with E-state index in [2.05, 4.69) is 23.7 Å². The molecule has 0 bridgehead atoms. The van der Waals surface area contributed by atoms with Crippen LogP contribution < -0.4 is 30.4 Å². The van der Waals surface area contributed by atoms with Gasteiger partial charge in [-0.25, -0.2) is 0 Å². The van der Waals surface area contributed by atoms with Gasteiger partial charge >= 0.3 is 0 Å². The first-order valence-corrected chi connectivity index (χ1v) is 16.2. The Balaban J connectivity index is 1.23. The lowest BCUT2D eigenvalue weighted by Crippen LogP contribution is -2.03. The molecule has 0 unspecified atom stereocenters. The highest BCUT2D eigenvalue weighted by Crippen LogP contribution is 2.35. The van der Waals surface area contributed by atoms with E-state index in [1.807, 2.05) is 121 Å². The van der Waals surface area contributed by atoms with Crippen molar-refractivity contribution in [1.82, 2.24) is 0 Å². The minimum absolute atomic E-state index is 0.359. The Morgan fingerprint density at radius 1 is 0.360 bits per heavy atom. The van der Waals surface area contributed by atoms with Crippen molar-refractivity contribution in [2.24, 2.45) is 0 Å². The zero-order valence-corrected chi connectivity index (χ0v) is 27.5. The van der Waals surface area contributed by atoms with E-state index >= 15 is 0 Å². The summed E-state index contributed by atoms with van der Waals surface area (Å²) in [6, 6.07) is 46.7. The molecule has 0 heterocycles. The van der Waals surface area contributed by atoms with Crippen molar-refractivity contribution < 1.29 is 18.9 Å². The molecule has 6 heteroatoms. The lowest BCUT2D eigenvalue weighted by Gasteiger charge is -2.15. The topological polar surface area (TPSA) is 89.0 Å². The minimum atomic E-state index is 0.359. The summed E-state index contributed by atoms with van der Waals surface area (Å²) in [4.78, 5) is 0. The van der Waals surface area contributed by atoms with E-state index in [1.165, 1.54) is 0 Å². The lowest BCUT2D eigenvalue weighted by atomic mass is 10.1. The largest absolute Gasteiger partial charge is 0.485 e. The maximum Gasteiger partial charge on any atom is 0.163 e. The van der Waals surface area contributed by atoms with Crippen molar-refractivity contribution in [3.8, 4) is 46.7 Å². The molecule has 0 atom stereocenters. The third-order valence-corrected chi connectivity index (χ3v) is 7.64. The van der Waals surface area contributed by atoms with Crippen LogP contribution in [0.15, 0.2) is 146 Å². The van der Waals surface area contributed by atoms with Gasteiger partial charge in [-0.15, -0.1) is 0 Å². The van der Waals surface area contributed by atoms with Crippen molar-refractivity contribution in [2.75, 3.05) is 11.5 Å². The van der Waals surface area contributed by atoms with Gasteiger partial charge in [0.2, 0.25) is 0 Å². The first-order chi connectivity index (χ1) is 24.6. The van der Waals surface area contributed by atoms with Gasteiger partial charge in [-0.2, -0.15) is 0 Å². The highest BCUT2D eigenvalue weighted by Gasteiger charge is 2.13. The second kappa shape index (κ2) is 16.9. The second-order valence-corrected chi connectivity index (χ2v) is 11.4. The Morgan fingerprint density at radius 2 is 0.620 bits per heavy atom. The number of ether oxygens (including phenoxy) is 4. The molecule has 246 valence electrons. The first-order valence-electron chi connectivity index (χ1n) is 16.2. The number of nitrogens with two attached hydrogens (primary N) is 2. The average molecular weight is 657 g/mol. The molecule has 4 N–H and O–H groups in total. The molecular formula is C44H36N2O4. The van der Waals surface area contributed by atoms with E-state index in [0.717, 1.165) is 22.3 Å². The SMILES string of the molecule is Nc1cc(OCc2ccccc2)c(OCc2ccccc2)cc1C#CC#Cc1cc(OCc2ccccc2)c(OCc2ccccc2)cc1N. The van der Waals surface area contributed by atoms with Gasteiger partial charge in [0.15, 0.2) is 23.0 Å². The zero-order chi connectivity index (χ0) is 34.4. The van der Waals surface area contributed by atoms with Crippen molar-refractivity contribution >= 4 is 11.4 Å². The summed E-state index contributed by atoms with van der Waals surface area (Å²) in [5, 5.41) is 0. The Kier molecular flexibility index (Phi) is 11.2. The van der Waals surface area contributed by atoms with Crippen LogP contribution >= 0.6 is 0 Å². The van der Waals surface area contributed by atoms with Crippen LogP contribution in [0.3, 0.4) is 0 Å². The van der Waals surface area contributed by atoms with E-state index in [1.54, 1.807) is 24.3 Å². The normalized spacial score (nSPS) is 10.2. The predicted octanol–water partition coefficient (Wildman–Crippen LogP) is 8.57. The van der Waals surface area contributed by atoms with Gasteiger partial charge in [0, 0.05) is 24.3 Å².